The van der Waals surface area contributed by atoms with Gasteiger partial charge in [0, 0.05) is 38.4 Å². The normalized spacial score (nSPS) is 12.3. The number of hydrogen-bond donors (Lipinski definition) is 0. The van der Waals surface area contributed by atoms with Gasteiger partial charge in [-0.1, -0.05) is 29.5 Å². The zero-order valence-electron chi connectivity index (χ0n) is 21.9. The van der Waals surface area contributed by atoms with Crippen molar-refractivity contribution in [2.75, 3.05) is 47.6 Å². The van der Waals surface area contributed by atoms with Crippen LogP contribution < -0.4 is 4.74 Å². The molecule has 1 aliphatic rings. The lowest BCUT2D eigenvalue weighted by Crippen LogP contribution is -2.26. The van der Waals surface area contributed by atoms with Gasteiger partial charge in [-0.3, -0.25) is 0 Å². The molecule has 0 atom stereocenters. The number of methoxy groups -OCH3 is 2. The maximum atomic E-state index is 9.43. The number of aryl methyl sites for hydroxylation is 1. The van der Waals surface area contributed by atoms with Gasteiger partial charge in [-0.15, -0.1) is 10.2 Å². The number of ether oxygens (including phenoxy) is 3. The van der Waals surface area contributed by atoms with Crippen molar-refractivity contribution in [3.8, 4) is 33.0 Å². The van der Waals surface area contributed by atoms with Crippen molar-refractivity contribution in [2.24, 2.45) is 0 Å². The highest BCUT2D eigenvalue weighted by Gasteiger charge is 2.19. The van der Waals surface area contributed by atoms with Crippen LogP contribution in [0, 0.1) is 11.3 Å². The van der Waals surface area contributed by atoms with Crippen LogP contribution in [0.25, 0.3) is 21.1 Å². The first-order valence-electron chi connectivity index (χ1n) is 12.3. The van der Waals surface area contributed by atoms with E-state index in [9.17, 15) is 5.26 Å². The van der Waals surface area contributed by atoms with Gasteiger partial charge >= 0.3 is 0 Å². The third-order valence-electron chi connectivity index (χ3n) is 5.87. The highest BCUT2D eigenvalue weighted by Crippen LogP contribution is 2.37. The molecular weight excluding hydrogens is 472 g/mol. The lowest BCUT2D eigenvalue weighted by molar-refractivity contribution is 0.128. The van der Waals surface area contributed by atoms with Gasteiger partial charge in [0.15, 0.2) is 0 Å². The van der Waals surface area contributed by atoms with E-state index in [1.807, 2.05) is 32.0 Å². The van der Waals surface area contributed by atoms with Gasteiger partial charge in [-0.05, 0) is 69.5 Å². The molecule has 0 radical (unpaired) electrons. The second kappa shape index (κ2) is 14.0. The maximum absolute atomic E-state index is 9.43. The molecule has 7 nitrogen and oxygen atoms in total. The highest BCUT2D eigenvalue weighted by atomic mass is 32.1. The van der Waals surface area contributed by atoms with Crippen molar-refractivity contribution in [2.45, 2.75) is 39.2 Å². The molecular formula is C28H36N4O3S. The van der Waals surface area contributed by atoms with Crippen LogP contribution in [0.5, 0.6) is 5.75 Å². The summed E-state index contributed by atoms with van der Waals surface area (Å²) < 4.78 is 15.5. The molecule has 0 bridgehead atoms. The van der Waals surface area contributed by atoms with Crippen LogP contribution >= 0.6 is 11.3 Å². The molecule has 0 aliphatic heterocycles. The van der Waals surface area contributed by atoms with Crippen LogP contribution in [0.1, 0.15) is 37.0 Å². The number of fused-ring (bicyclic) bond motifs is 1. The predicted molar refractivity (Wildman–Crippen MR) is 145 cm³/mol. The fourth-order valence-electron chi connectivity index (χ4n) is 3.98. The molecule has 0 amide bonds. The smallest absolute Gasteiger partial charge is 0.148 e. The van der Waals surface area contributed by atoms with Crippen molar-refractivity contribution in [1.82, 2.24) is 15.1 Å². The molecule has 0 spiro atoms. The molecule has 1 aliphatic carbocycles. The molecule has 192 valence electrons. The van der Waals surface area contributed by atoms with E-state index in [1.54, 1.807) is 25.6 Å². The van der Waals surface area contributed by atoms with Crippen LogP contribution in [0.4, 0.5) is 0 Å². The summed E-state index contributed by atoms with van der Waals surface area (Å²) in [6.45, 7) is 7.43. The van der Waals surface area contributed by atoms with E-state index in [2.05, 4.69) is 46.4 Å². The van der Waals surface area contributed by atoms with Gasteiger partial charge in [0.1, 0.15) is 21.8 Å². The minimum atomic E-state index is 0.0289. The molecule has 0 unspecified atom stereocenters. The molecule has 0 N–H and O–H groups in total. The van der Waals surface area contributed by atoms with E-state index >= 15 is 0 Å². The number of hydrogen-bond acceptors (Lipinski definition) is 8. The second-order valence-electron chi connectivity index (χ2n) is 8.99. The molecule has 8 heteroatoms. The quantitative estimate of drug-likeness (QED) is 0.371. The van der Waals surface area contributed by atoms with Gasteiger partial charge in [-0.2, -0.15) is 5.26 Å². The summed E-state index contributed by atoms with van der Waals surface area (Å²) in [5.74, 6) is 0.608. The van der Waals surface area contributed by atoms with E-state index in [0.717, 1.165) is 54.7 Å². The fraction of sp³-hybridized carbons (Fsp3) is 0.464. The zero-order chi connectivity index (χ0) is 25.9. The third-order valence-corrected chi connectivity index (χ3v) is 6.87. The lowest BCUT2D eigenvalue weighted by Gasteiger charge is -2.14. The molecule has 36 heavy (non-hydrogen) atoms. The zero-order valence-corrected chi connectivity index (χ0v) is 22.7. The molecule has 0 fully saturated rings. The van der Waals surface area contributed by atoms with Gasteiger partial charge in [0.05, 0.1) is 24.9 Å². The summed E-state index contributed by atoms with van der Waals surface area (Å²) >= 11 is 1.57. The number of nitriles is 1. The van der Waals surface area contributed by atoms with Crippen LogP contribution in [-0.4, -0.2) is 68.8 Å². The Kier molecular flexibility index (Phi) is 10.8. The van der Waals surface area contributed by atoms with E-state index in [1.165, 1.54) is 23.1 Å². The maximum Gasteiger partial charge on any atom is 0.148 e. The van der Waals surface area contributed by atoms with Gasteiger partial charge in [0.2, 0.25) is 0 Å². The number of nitrogens with zero attached hydrogens (tertiary/aromatic N) is 4. The largest absolute Gasteiger partial charge is 0.490 e. The summed E-state index contributed by atoms with van der Waals surface area (Å²) in [4.78, 5) is 2.17. The van der Waals surface area contributed by atoms with Crippen LogP contribution in [0.15, 0.2) is 36.4 Å². The summed E-state index contributed by atoms with van der Waals surface area (Å²) in [6.07, 6.45) is 3.50. The highest BCUT2D eigenvalue weighted by molar-refractivity contribution is 7.17. The summed E-state index contributed by atoms with van der Waals surface area (Å²) in [5.41, 5.74) is 5.46. The standard InChI is InChI=1S/C21H19N3OS.C7H17NO2/c1-13(2)25-19-10-9-15(11-16(19)12-22)20-23-24-21(26-20)18-8-4-6-14-5-3-7-17(14)18;1-8(4-6-9-2)5-7-10-3/h4,6,8-11,13H,3,5,7H2,1-2H3;4-7H2,1-3H3. The third kappa shape index (κ3) is 7.58. The van der Waals surface area contributed by atoms with Crippen LogP contribution in [0.3, 0.4) is 0 Å². The molecule has 0 saturated carbocycles. The van der Waals surface area contributed by atoms with E-state index in [-0.39, 0.29) is 6.10 Å². The second-order valence-corrected chi connectivity index (χ2v) is 9.96. The first kappa shape index (κ1) is 27.8. The Bertz CT molecular complexity index is 1150. The fourth-order valence-corrected chi connectivity index (χ4v) is 4.87. The summed E-state index contributed by atoms with van der Waals surface area (Å²) in [5, 5.41) is 20.0. The average molecular weight is 509 g/mol. The topological polar surface area (TPSA) is 80.5 Å². The van der Waals surface area contributed by atoms with Crippen LogP contribution in [-0.2, 0) is 22.3 Å². The number of rotatable bonds is 10. The first-order chi connectivity index (χ1) is 17.5. The predicted octanol–water partition coefficient (Wildman–Crippen LogP) is 5.23. The number of aromatic nitrogens is 2. The van der Waals surface area contributed by atoms with Gasteiger partial charge in [0.25, 0.3) is 0 Å². The Morgan fingerprint density at radius 2 is 1.75 bits per heavy atom. The Morgan fingerprint density at radius 1 is 1.03 bits per heavy atom. The molecule has 1 heterocycles. The van der Waals surface area contributed by atoms with E-state index < -0.39 is 0 Å². The molecule has 0 saturated heterocycles. The monoisotopic (exact) mass is 508 g/mol. The van der Waals surface area contributed by atoms with Gasteiger partial charge in [-0.25, -0.2) is 0 Å². The summed E-state index contributed by atoms with van der Waals surface area (Å²) in [7, 11) is 5.48. The SMILES string of the molecule is CC(C)Oc1ccc(-c2nnc(-c3cccc4c3CCC4)s2)cc1C#N.COCCN(C)CCOC. The van der Waals surface area contributed by atoms with Crippen molar-refractivity contribution < 1.29 is 14.2 Å². The minimum Gasteiger partial charge on any atom is -0.490 e. The Labute approximate surface area is 218 Å². The number of likely N-dealkylation sites (N-methyl/N-ethyl adjacent to an activating group) is 1. The van der Waals surface area contributed by atoms with E-state index in [0.29, 0.717) is 11.3 Å². The van der Waals surface area contributed by atoms with Crippen molar-refractivity contribution >= 4 is 11.3 Å². The van der Waals surface area contributed by atoms with Crippen molar-refractivity contribution in [3.05, 3.63) is 53.1 Å². The van der Waals surface area contributed by atoms with Crippen molar-refractivity contribution in [3.63, 3.8) is 0 Å². The van der Waals surface area contributed by atoms with Crippen molar-refractivity contribution in [1.29, 1.82) is 5.26 Å². The Morgan fingerprint density at radius 3 is 2.42 bits per heavy atom. The van der Waals surface area contributed by atoms with E-state index in [4.69, 9.17) is 14.2 Å². The Hall–Kier alpha value is -2.83. The Balaban J connectivity index is 0.000000308. The average Bonchev–Trinajstić information content (AvgIpc) is 3.56. The minimum absolute atomic E-state index is 0.0289. The molecule has 1 aromatic heterocycles. The molecule has 2 aromatic carbocycles. The first-order valence-corrected chi connectivity index (χ1v) is 13.1. The van der Waals surface area contributed by atoms with Gasteiger partial charge < -0.3 is 19.1 Å². The van der Waals surface area contributed by atoms with Crippen LogP contribution in [0.2, 0.25) is 0 Å². The number of benzene rings is 2. The summed E-state index contributed by atoms with van der Waals surface area (Å²) in [6, 6.07) is 14.3. The lowest BCUT2D eigenvalue weighted by atomic mass is 10.0. The molecule has 4 rings (SSSR count). The molecule has 3 aromatic rings.